The van der Waals surface area contributed by atoms with Gasteiger partial charge in [-0.2, -0.15) is 6.08 Å². The van der Waals surface area contributed by atoms with Crippen LogP contribution in [0.3, 0.4) is 0 Å². The molecule has 2 heteroatoms. The van der Waals surface area contributed by atoms with E-state index < -0.39 is 0 Å². The molecular weight excluding hydrogens is 312 g/mol. The monoisotopic (exact) mass is 317 g/mol. The number of rotatable bonds is 0. The normalized spacial score (nSPS) is 5.86. The van der Waals surface area contributed by atoms with Crippen LogP contribution in [0.1, 0.15) is 6.92 Å². The molecule has 0 spiro atoms. The zero-order valence-corrected chi connectivity index (χ0v) is 8.27. The number of hydrogen-bond acceptors (Lipinski definition) is 0. The maximum atomic E-state index is 4.72. The van der Waals surface area contributed by atoms with E-state index in [4.69, 9.17) is 6.58 Å². The molecule has 0 radical (unpaired) electrons. The van der Waals surface area contributed by atoms with Gasteiger partial charge in [0.1, 0.15) is 0 Å². The summed E-state index contributed by atoms with van der Waals surface area (Å²) in [7, 11) is 0. The van der Waals surface area contributed by atoms with Crippen molar-refractivity contribution in [3.63, 3.8) is 0 Å². The van der Waals surface area contributed by atoms with E-state index in [2.05, 4.69) is 10.5 Å². The van der Waals surface area contributed by atoms with E-state index in [1.54, 1.807) is 6.08 Å². The average molecular weight is 317 g/mol. The molecule has 0 fully saturated rings. The standard InChI is InChI=1S/C4H5.CN.U/c1-3-4-2;1-2;/h1,4H,2H3;;/q2*-1;+2. The van der Waals surface area contributed by atoms with Gasteiger partial charge in [0.2, 0.25) is 0 Å². The zero-order chi connectivity index (χ0) is 5.54. The summed E-state index contributed by atoms with van der Waals surface area (Å²) in [6, 6.07) is 0. The first-order chi connectivity index (χ1) is 3.41. The van der Waals surface area contributed by atoms with Crippen molar-refractivity contribution in [3.05, 3.63) is 18.4 Å². The Morgan fingerprint density at radius 1 is 2.00 bits per heavy atom. The Labute approximate surface area is 57.0 Å². The third-order valence-electron chi connectivity index (χ3n) is 0.278. The van der Waals surface area contributed by atoms with Crippen LogP contribution in [-0.2, 0) is 0 Å². The van der Waals surface area contributed by atoms with E-state index in [0.29, 0.717) is 0 Å². The van der Waals surface area contributed by atoms with Gasteiger partial charge in [-0.3, -0.25) is 0 Å². The molecule has 1 aliphatic rings. The van der Waals surface area contributed by atoms with Crippen molar-refractivity contribution in [3.8, 4) is 0 Å². The molecule has 34 valence electrons. The molecule has 0 saturated heterocycles. The molecule has 0 saturated carbocycles. The van der Waals surface area contributed by atoms with Crippen LogP contribution in [0, 0.1) is 33.7 Å². The molecule has 0 amide bonds. The second-order valence-electron chi connectivity index (χ2n) is 0.791. The van der Waals surface area contributed by atoms with Gasteiger partial charge in [0.25, 0.3) is 0 Å². The molecule has 0 aromatic heterocycles. The van der Waals surface area contributed by atoms with Gasteiger partial charge < -0.3 is 5.73 Å². The Morgan fingerprint density at radius 2 is 2.29 bits per heavy atom. The summed E-state index contributed by atoms with van der Waals surface area (Å²) in [4.78, 5) is 0. The average Bonchev–Trinajstić information content (AvgIpc) is 2.47. The van der Waals surface area contributed by atoms with Crippen molar-refractivity contribution in [2.24, 2.45) is 0 Å². The van der Waals surface area contributed by atoms with E-state index in [1.807, 2.05) is 6.92 Å². The summed E-state index contributed by atoms with van der Waals surface area (Å²) >= 11 is -0.380. The second kappa shape index (κ2) is 6.06. The van der Waals surface area contributed by atoms with Gasteiger partial charge in [-0.25, -0.2) is 6.58 Å². The van der Waals surface area contributed by atoms with Crippen LogP contribution in [0.5, 0.6) is 0 Å². The molecule has 0 aromatic rings. The molecule has 0 aliphatic carbocycles. The van der Waals surface area contributed by atoms with Crippen LogP contribution < -0.4 is 1.93 Å². The van der Waals surface area contributed by atoms with Crippen molar-refractivity contribution in [1.29, 1.82) is 0 Å². The van der Waals surface area contributed by atoms with Gasteiger partial charge in [-0.1, -0.05) is 0 Å². The summed E-state index contributed by atoms with van der Waals surface area (Å²) in [6.45, 7) is 6.54. The molecule has 1 rings (SSSR count). The predicted molar refractivity (Wildman–Crippen MR) is 25.2 cm³/mol. The summed E-state index contributed by atoms with van der Waals surface area (Å²) in [5.41, 5.74) is 2.31. The second-order valence-corrected chi connectivity index (χ2v) is 3.58. The van der Waals surface area contributed by atoms with Crippen LogP contribution in [0.15, 0.2) is 11.8 Å². The Hall–Kier alpha value is 0.0619. The van der Waals surface area contributed by atoms with Gasteiger partial charge in [-0.15, -0.1) is 6.92 Å². The van der Waals surface area contributed by atoms with Gasteiger partial charge in [0.15, 0.2) is 0 Å². The topological polar surface area (TPSA) is 14.1 Å². The Bertz CT molecular complexity index is 158. The first-order valence-corrected chi connectivity index (χ1v) is 5.80. The van der Waals surface area contributed by atoms with E-state index in [1.165, 1.54) is 0 Å². The molecule has 0 N–H and O–H groups in total. The van der Waals surface area contributed by atoms with Crippen LogP contribution in [0.25, 0.3) is 0 Å². The quantitative estimate of drug-likeness (QED) is 0.373. The fourth-order valence-corrected chi connectivity index (χ4v) is 0. The molecule has 0 unspecified atom stereocenters. The van der Waals surface area contributed by atoms with E-state index in [-0.39, 0.29) is 27.1 Å². The van der Waals surface area contributed by atoms with Crippen molar-refractivity contribution in [2.45, 2.75) is 6.92 Å². The number of allylic oxidation sites excluding steroid dienone is 1. The van der Waals surface area contributed by atoms with Crippen LogP contribution in [0.4, 0.5) is 0 Å². The van der Waals surface area contributed by atoms with E-state index >= 15 is 0 Å². The first-order valence-electron chi connectivity index (χ1n) is 1.85. The van der Waals surface area contributed by atoms with Gasteiger partial charge in [0, 0.05) is 0 Å². The van der Waals surface area contributed by atoms with E-state index in [9.17, 15) is 0 Å². The predicted octanol–water partition coefficient (Wildman–Crippen LogP) is 0.392. The summed E-state index contributed by atoms with van der Waals surface area (Å²) < 4.78 is 6.54. The molecule has 1 heterocycles. The molecule has 1 aliphatic heterocycles. The maximum absolute atomic E-state index is 4.72. The van der Waals surface area contributed by atoms with Crippen molar-refractivity contribution in [2.75, 3.05) is 0 Å². The molecule has 1 nitrogen and oxygen atoms in total. The molecule has 7 heavy (non-hydrogen) atoms. The summed E-state index contributed by atoms with van der Waals surface area (Å²) in [5.74, 6) is 0. The molecule has 0 aromatic carbocycles. The van der Waals surface area contributed by atoms with Crippen molar-refractivity contribution < 1.29 is 27.1 Å². The van der Waals surface area contributed by atoms with E-state index in [0.717, 1.165) is 0 Å². The Morgan fingerprint density at radius 3 is 2.29 bits per heavy atom. The summed E-state index contributed by atoms with van der Waals surface area (Å²) in [6.07, 6.45) is 1.65. The van der Waals surface area contributed by atoms with Crippen molar-refractivity contribution in [1.82, 2.24) is 1.93 Å². The third-order valence-corrected chi connectivity index (χ3v) is 1.21. The van der Waals surface area contributed by atoms with Crippen molar-refractivity contribution >= 4 is 2.82 Å². The van der Waals surface area contributed by atoms with Crippen LogP contribution in [-0.4, -0.2) is 2.82 Å². The zero-order valence-electron chi connectivity index (χ0n) is 4.10. The third kappa shape index (κ3) is 23.5. The fraction of sp³-hybridized carbons (Fsp3) is 0.200. The minimum absolute atomic E-state index is 0.380. The number of nitrogens with zero attached hydrogens (tertiary/aromatic N) is 1. The first kappa shape index (κ1) is 7.06. The van der Waals surface area contributed by atoms with Crippen LogP contribution in [0.2, 0.25) is 0 Å². The molecule has 0 atom stereocenters. The van der Waals surface area contributed by atoms with Gasteiger partial charge >= 0.3 is 31.8 Å². The molecule has 0 bridgehead atoms. The van der Waals surface area contributed by atoms with Gasteiger partial charge in [0.05, 0.1) is 0 Å². The fourth-order valence-electron chi connectivity index (χ4n) is 0. The Kier molecular flexibility index (Phi) is 6.12. The minimum atomic E-state index is -0.380. The summed E-state index contributed by atoms with van der Waals surface area (Å²) in [5, 5.41) is 0. The Balaban J connectivity index is 0.000000105. The molecular formula is C5H5NU. The van der Waals surface area contributed by atoms with Gasteiger partial charge in [-0.05, 0) is 0 Å². The number of hydrogen-bond donors (Lipinski definition) is 0. The SMILES string of the molecule is [CH-]=C=CC.[C]1=[N+]=[U]=1. The van der Waals surface area contributed by atoms with Crippen LogP contribution >= 0.6 is 0 Å².